The molecule has 9 heteroatoms. The molecule has 5 rings (SSSR count). The van der Waals surface area contributed by atoms with Gasteiger partial charge in [-0.2, -0.15) is 15.2 Å². The number of aromatic nitrogens is 3. The highest BCUT2D eigenvalue weighted by Gasteiger charge is 2.23. The minimum atomic E-state index is -0.202. The lowest BCUT2D eigenvalue weighted by atomic mass is 10.0. The van der Waals surface area contributed by atoms with Gasteiger partial charge in [0.2, 0.25) is 11.8 Å². The molecule has 0 radical (unpaired) electrons. The summed E-state index contributed by atoms with van der Waals surface area (Å²) in [5.74, 6) is 1.12. The molecule has 3 N–H and O–H groups in total. The first-order chi connectivity index (χ1) is 17.6. The molecular formula is C27H26N6O3. The van der Waals surface area contributed by atoms with Crippen molar-refractivity contribution in [1.82, 2.24) is 20.3 Å². The lowest BCUT2D eigenvalue weighted by molar-refractivity contribution is 0.0962. The fourth-order valence-electron chi connectivity index (χ4n) is 4.46. The summed E-state index contributed by atoms with van der Waals surface area (Å²) in [5.41, 5.74) is 4.17. The Hall–Kier alpha value is -4.58. The minimum absolute atomic E-state index is 0.0982. The molecular weight excluding hydrogens is 456 g/mol. The number of fused-ring (bicyclic) bond motifs is 1. The summed E-state index contributed by atoms with van der Waals surface area (Å²) >= 11 is 0. The van der Waals surface area contributed by atoms with Crippen LogP contribution in [0.5, 0.6) is 11.6 Å². The maximum atomic E-state index is 12.0. The first-order valence-electron chi connectivity index (χ1n) is 11.8. The average Bonchev–Trinajstić information content (AvgIpc) is 3.58. The number of methoxy groups -OCH3 is 1. The number of hydrogen-bond acceptors (Lipinski definition) is 7. The molecule has 2 aromatic heterocycles. The number of benzene rings is 2. The van der Waals surface area contributed by atoms with E-state index in [1.807, 2.05) is 18.3 Å². The number of anilines is 2. The van der Waals surface area contributed by atoms with Gasteiger partial charge in [-0.1, -0.05) is 12.1 Å². The van der Waals surface area contributed by atoms with Crippen molar-refractivity contribution in [2.24, 2.45) is 0 Å². The summed E-state index contributed by atoms with van der Waals surface area (Å²) in [5, 5.41) is 15.8. The van der Waals surface area contributed by atoms with Gasteiger partial charge in [-0.25, -0.2) is 0 Å². The number of amides is 1. The van der Waals surface area contributed by atoms with Gasteiger partial charge in [-0.05, 0) is 61.6 Å². The van der Waals surface area contributed by atoms with Crippen molar-refractivity contribution in [2.75, 3.05) is 19.5 Å². The van der Waals surface area contributed by atoms with Crippen molar-refractivity contribution < 1.29 is 14.3 Å². The lowest BCUT2D eigenvalue weighted by Crippen LogP contribution is -2.17. The van der Waals surface area contributed by atoms with Crippen LogP contribution in [0.2, 0.25) is 0 Å². The summed E-state index contributed by atoms with van der Waals surface area (Å²) in [7, 11) is 3.13. The number of aromatic amines is 1. The summed E-state index contributed by atoms with van der Waals surface area (Å²) in [4.78, 5) is 24.7. The van der Waals surface area contributed by atoms with Gasteiger partial charge in [-0.15, -0.1) is 0 Å². The predicted molar refractivity (Wildman–Crippen MR) is 137 cm³/mol. The molecule has 0 saturated heterocycles. The van der Waals surface area contributed by atoms with Crippen molar-refractivity contribution in [1.29, 1.82) is 5.26 Å². The van der Waals surface area contributed by atoms with Gasteiger partial charge in [0, 0.05) is 24.4 Å². The molecule has 0 unspecified atom stereocenters. The van der Waals surface area contributed by atoms with Gasteiger partial charge >= 0.3 is 0 Å². The van der Waals surface area contributed by atoms with Crippen LogP contribution in [-0.4, -0.2) is 41.1 Å². The molecule has 1 aliphatic carbocycles. The number of carbonyl (C=O) groups is 1. The highest BCUT2D eigenvalue weighted by atomic mass is 16.5. The normalized spacial score (nSPS) is 13.4. The molecule has 182 valence electrons. The number of hydrogen-bond donors (Lipinski definition) is 3. The van der Waals surface area contributed by atoms with Gasteiger partial charge in [0.15, 0.2) is 0 Å². The van der Waals surface area contributed by atoms with E-state index in [-0.39, 0.29) is 12.0 Å². The van der Waals surface area contributed by atoms with Gasteiger partial charge in [0.1, 0.15) is 17.5 Å². The average molecular weight is 483 g/mol. The number of nitrogens with one attached hydrogen (secondary N) is 3. The van der Waals surface area contributed by atoms with Crippen molar-refractivity contribution in [3.63, 3.8) is 0 Å². The quantitative estimate of drug-likeness (QED) is 0.341. The third kappa shape index (κ3) is 4.53. The Labute approximate surface area is 208 Å². The number of ether oxygens (including phenoxy) is 2. The molecule has 1 fully saturated rings. The minimum Gasteiger partial charge on any atom is -0.495 e. The molecule has 1 amide bonds. The first-order valence-corrected chi connectivity index (χ1v) is 11.8. The second kappa shape index (κ2) is 9.96. The smallest absolute Gasteiger partial charge is 0.251 e. The van der Waals surface area contributed by atoms with Crippen LogP contribution >= 0.6 is 0 Å². The molecule has 9 nitrogen and oxygen atoms in total. The van der Waals surface area contributed by atoms with E-state index >= 15 is 0 Å². The molecule has 0 spiro atoms. The monoisotopic (exact) mass is 482 g/mol. The van der Waals surface area contributed by atoms with Gasteiger partial charge in [-0.3, -0.25) is 4.79 Å². The van der Waals surface area contributed by atoms with Crippen molar-refractivity contribution in [3.05, 3.63) is 59.8 Å². The van der Waals surface area contributed by atoms with E-state index in [1.54, 1.807) is 44.5 Å². The zero-order chi connectivity index (χ0) is 25.1. The predicted octanol–water partition coefficient (Wildman–Crippen LogP) is 4.93. The molecule has 1 saturated carbocycles. The van der Waals surface area contributed by atoms with Crippen molar-refractivity contribution >= 4 is 28.6 Å². The van der Waals surface area contributed by atoms with Crippen molar-refractivity contribution in [3.8, 4) is 28.8 Å². The van der Waals surface area contributed by atoms with Gasteiger partial charge in [0.25, 0.3) is 5.91 Å². The summed E-state index contributed by atoms with van der Waals surface area (Å²) in [6, 6.07) is 14.7. The van der Waals surface area contributed by atoms with Crippen LogP contribution < -0.4 is 20.1 Å². The molecule has 1 aliphatic rings. The Bertz CT molecular complexity index is 1450. The second-order valence-corrected chi connectivity index (χ2v) is 8.61. The summed E-state index contributed by atoms with van der Waals surface area (Å²) in [6.07, 6.45) is 6.22. The van der Waals surface area contributed by atoms with E-state index in [1.165, 1.54) is 0 Å². The Kier molecular flexibility index (Phi) is 6.41. The largest absolute Gasteiger partial charge is 0.495 e. The zero-order valence-corrected chi connectivity index (χ0v) is 20.1. The molecule has 0 atom stereocenters. The van der Waals surface area contributed by atoms with Crippen LogP contribution in [0.25, 0.3) is 22.2 Å². The number of nitrogens with zero attached hydrogens (tertiary/aromatic N) is 3. The maximum absolute atomic E-state index is 12.0. The van der Waals surface area contributed by atoms with Crippen LogP contribution in [-0.2, 0) is 0 Å². The Morgan fingerprint density at radius 2 is 1.92 bits per heavy atom. The van der Waals surface area contributed by atoms with Crippen LogP contribution in [0.1, 0.15) is 41.6 Å². The molecule has 2 heterocycles. The topological polar surface area (TPSA) is 125 Å². The van der Waals surface area contributed by atoms with Crippen molar-refractivity contribution in [2.45, 2.75) is 31.8 Å². The molecule has 0 aliphatic heterocycles. The Morgan fingerprint density at radius 1 is 1.14 bits per heavy atom. The third-order valence-electron chi connectivity index (χ3n) is 6.34. The van der Waals surface area contributed by atoms with Gasteiger partial charge < -0.3 is 25.1 Å². The van der Waals surface area contributed by atoms with E-state index in [0.717, 1.165) is 42.2 Å². The van der Waals surface area contributed by atoms with E-state index in [9.17, 15) is 4.79 Å². The van der Waals surface area contributed by atoms with E-state index in [0.29, 0.717) is 40.0 Å². The standard InChI is InChI=1S/C27H26N6O3/c1-29-25(34)18-11-12-21(22(13-18)35-2)31-27-32-24-23(26(33-27)36-19-5-3-4-6-19)20(15-30-24)17-9-7-16(14-28)8-10-17/h7-13,15,19H,3-6H2,1-2H3,(H,29,34)(H2,30,31,32,33). The van der Waals surface area contributed by atoms with Crippen LogP contribution in [0, 0.1) is 11.3 Å². The molecule has 36 heavy (non-hydrogen) atoms. The first kappa shape index (κ1) is 23.2. The van der Waals surface area contributed by atoms with Crippen LogP contribution in [0.3, 0.4) is 0 Å². The Morgan fingerprint density at radius 3 is 2.61 bits per heavy atom. The van der Waals surface area contributed by atoms with E-state index < -0.39 is 0 Å². The molecule has 2 aromatic carbocycles. The number of rotatable bonds is 7. The highest BCUT2D eigenvalue weighted by Crippen LogP contribution is 2.37. The number of carbonyl (C=O) groups excluding carboxylic acids is 1. The SMILES string of the molecule is CNC(=O)c1ccc(Nc2nc(OC3CCCC3)c3c(-c4ccc(C#N)cc4)c[nH]c3n2)c(OC)c1. The number of nitriles is 1. The second-order valence-electron chi connectivity index (χ2n) is 8.61. The number of H-pyrrole nitrogens is 1. The third-order valence-corrected chi connectivity index (χ3v) is 6.34. The summed E-state index contributed by atoms with van der Waals surface area (Å²) < 4.78 is 11.9. The Balaban J connectivity index is 1.55. The zero-order valence-electron chi connectivity index (χ0n) is 20.1. The van der Waals surface area contributed by atoms with E-state index in [4.69, 9.17) is 19.7 Å². The summed E-state index contributed by atoms with van der Waals surface area (Å²) in [6.45, 7) is 0. The van der Waals surface area contributed by atoms with E-state index in [2.05, 4.69) is 26.7 Å². The highest BCUT2D eigenvalue weighted by molar-refractivity contribution is 5.98. The fraction of sp³-hybridized carbons (Fsp3) is 0.259. The maximum Gasteiger partial charge on any atom is 0.251 e. The lowest BCUT2D eigenvalue weighted by Gasteiger charge is -2.16. The van der Waals surface area contributed by atoms with Crippen LogP contribution in [0.4, 0.5) is 11.6 Å². The fourth-order valence-corrected chi connectivity index (χ4v) is 4.46. The molecule has 0 bridgehead atoms. The molecule has 4 aromatic rings. The van der Waals surface area contributed by atoms with Gasteiger partial charge in [0.05, 0.1) is 29.8 Å². The van der Waals surface area contributed by atoms with Crippen LogP contribution in [0.15, 0.2) is 48.7 Å².